The fourth-order valence-corrected chi connectivity index (χ4v) is 6.72. The Balaban J connectivity index is 1.10. The molecule has 0 radical (unpaired) electrons. The lowest BCUT2D eigenvalue weighted by Crippen LogP contribution is -2.00. The van der Waals surface area contributed by atoms with E-state index in [4.69, 9.17) is 19.9 Å². The van der Waals surface area contributed by atoms with Gasteiger partial charge in [0.15, 0.2) is 17.5 Å². The SMILES string of the molecule is c1ccc(-c2ccc(-c3cc(-c4ccccc4)nc(-c4cccc(-c5cccc(-c6nc(-c7ccccc7)nc(-c7ccccc7)n6)c5)c4)c3)cc2)cc1. The molecule has 0 aliphatic heterocycles. The van der Waals surface area contributed by atoms with Gasteiger partial charge in [-0.05, 0) is 57.6 Å². The van der Waals surface area contributed by atoms with Gasteiger partial charge in [0, 0.05) is 27.8 Å². The minimum atomic E-state index is 0.626. The normalized spacial score (nSPS) is 11.0. The molecule has 0 spiro atoms. The van der Waals surface area contributed by atoms with Crippen LogP contribution in [0.4, 0.5) is 0 Å². The number of pyridine rings is 1. The summed E-state index contributed by atoms with van der Waals surface area (Å²) in [5, 5.41) is 0. The zero-order chi connectivity index (χ0) is 36.1. The van der Waals surface area contributed by atoms with Crippen LogP contribution in [0.3, 0.4) is 0 Å². The predicted octanol–water partition coefficient (Wildman–Crippen LogP) is 12.6. The van der Waals surface area contributed by atoms with Crippen LogP contribution >= 0.6 is 0 Å². The van der Waals surface area contributed by atoms with Crippen molar-refractivity contribution in [1.82, 2.24) is 19.9 Å². The third-order valence-corrected chi connectivity index (χ3v) is 9.53. The molecule has 9 aromatic rings. The Morgan fingerprint density at radius 1 is 0.185 bits per heavy atom. The van der Waals surface area contributed by atoms with Crippen molar-refractivity contribution >= 4 is 0 Å². The predicted molar refractivity (Wildman–Crippen MR) is 221 cm³/mol. The lowest BCUT2D eigenvalue weighted by molar-refractivity contribution is 1.07. The topological polar surface area (TPSA) is 51.6 Å². The molecule has 2 heterocycles. The smallest absolute Gasteiger partial charge is 0.164 e. The van der Waals surface area contributed by atoms with E-state index < -0.39 is 0 Å². The Bertz CT molecular complexity index is 2620. The third-order valence-electron chi connectivity index (χ3n) is 9.53. The van der Waals surface area contributed by atoms with Crippen molar-refractivity contribution in [1.29, 1.82) is 0 Å². The monoisotopic (exact) mass is 690 g/mol. The molecule has 254 valence electrons. The van der Waals surface area contributed by atoms with Crippen molar-refractivity contribution in [2.24, 2.45) is 0 Å². The summed E-state index contributed by atoms with van der Waals surface area (Å²) in [6, 6.07) is 71.2. The lowest BCUT2D eigenvalue weighted by Gasteiger charge is -2.12. The van der Waals surface area contributed by atoms with Crippen molar-refractivity contribution in [3.05, 3.63) is 206 Å². The molecule has 4 heteroatoms. The summed E-state index contributed by atoms with van der Waals surface area (Å²) in [5.41, 5.74) is 13.6. The summed E-state index contributed by atoms with van der Waals surface area (Å²) in [6.45, 7) is 0. The molecule has 0 bridgehead atoms. The summed E-state index contributed by atoms with van der Waals surface area (Å²) in [6.07, 6.45) is 0. The zero-order valence-corrected chi connectivity index (χ0v) is 29.4. The average molecular weight is 691 g/mol. The number of aromatic nitrogens is 4. The van der Waals surface area contributed by atoms with Gasteiger partial charge >= 0.3 is 0 Å². The molecule has 0 atom stereocenters. The minimum absolute atomic E-state index is 0.626. The van der Waals surface area contributed by atoms with E-state index >= 15 is 0 Å². The Morgan fingerprint density at radius 2 is 0.519 bits per heavy atom. The molecule has 7 aromatic carbocycles. The highest BCUT2D eigenvalue weighted by Crippen LogP contribution is 2.34. The van der Waals surface area contributed by atoms with E-state index in [9.17, 15) is 0 Å². The first kappa shape index (κ1) is 32.6. The molecule has 9 rings (SSSR count). The van der Waals surface area contributed by atoms with Gasteiger partial charge in [0.2, 0.25) is 0 Å². The van der Waals surface area contributed by atoms with E-state index in [2.05, 4.69) is 133 Å². The van der Waals surface area contributed by atoms with Crippen LogP contribution in [0.1, 0.15) is 0 Å². The molecule has 4 nitrogen and oxygen atoms in total. The minimum Gasteiger partial charge on any atom is -0.248 e. The third kappa shape index (κ3) is 6.97. The maximum absolute atomic E-state index is 5.21. The van der Waals surface area contributed by atoms with Gasteiger partial charge in [-0.15, -0.1) is 0 Å². The van der Waals surface area contributed by atoms with E-state index in [0.29, 0.717) is 17.5 Å². The van der Waals surface area contributed by atoms with Gasteiger partial charge < -0.3 is 0 Å². The first-order valence-corrected chi connectivity index (χ1v) is 18.1. The molecule has 0 amide bonds. The Labute approximate surface area is 315 Å². The van der Waals surface area contributed by atoms with Crippen LogP contribution in [0, 0.1) is 0 Å². The number of nitrogens with zero attached hydrogens (tertiary/aromatic N) is 4. The van der Waals surface area contributed by atoms with Crippen LogP contribution < -0.4 is 0 Å². The van der Waals surface area contributed by atoms with Gasteiger partial charge in [-0.3, -0.25) is 0 Å². The van der Waals surface area contributed by atoms with Crippen molar-refractivity contribution < 1.29 is 0 Å². The number of rotatable bonds is 8. The molecule has 0 unspecified atom stereocenters. The molecule has 0 saturated heterocycles. The van der Waals surface area contributed by atoms with E-state index in [-0.39, 0.29) is 0 Å². The maximum atomic E-state index is 5.21. The van der Waals surface area contributed by atoms with Crippen LogP contribution in [-0.2, 0) is 0 Å². The molecular formula is C50H34N4. The maximum Gasteiger partial charge on any atom is 0.164 e. The fraction of sp³-hybridized carbons (Fsp3) is 0. The van der Waals surface area contributed by atoms with Crippen LogP contribution in [0.15, 0.2) is 206 Å². The first-order chi connectivity index (χ1) is 26.7. The Kier molecular flexibility index (Phi) is 8.90. The van der Waals surface area contributed by atoms with E-state index in [1.54, 1.807) is 0 Å². The van der Waals surface area contributed by atoms with Crippen molar-refractivity contribution in [3.63, 3.8) is 0 Å². The number of benzene rings is 7. The van der Waals surface area contributed by atoms with E-state index in [1.807, 2.05) is 72.8 Å². The van der Waals surface area contributed by atoms with Gasteiger partial charge in [0.1, 0.15) is 0 Å². The highest BCUT2D eigenvalue weighted by Gasteiger charge is 2.14. The molecule has 54 heavy (non-hydrogen) atoms. The molecule has 0 N–H and O–H groups in total. The summed E-state index contributed by atoms with van der Waals surface area (Å²) in [4.78, 5) is 20.0. The molecule has 0 aliphatic carbocycles. The van der Waals surface area contributed by atoms with Crippen LogP contribution in [0.25, 0.3) is 90.1 Å². The van der Waals surface area contributed by atoms with E-state index in [1.165, 1.54) is 11.1 Å². The van der Waals surface area contributed by atoms with Crippen molar-refractivity contribution in [3.8, 4) is 90.1 Å². The quantitative estimate of drug-likeness (QED) is 0.159. The first-order valence-electron chi connectivity index (χ1n) is 18.1. The second-order valence-corrected chi connectivity index (χ2v) is 13.1. The van der Waals surface area contributed by atoms with Crippen LogP contribution in [0.2, 0.25) is 0 Å². The fourth-order valence-electron chi connectivity index (χ4n) is 6.72. The Hall–Kier alpha value is -7.30. The number of hydrogen-bond acceptors (Lipinski definition) is 4. The van der Waals surface area contributed by atoms with Gasteiger partial charge in [0.05, 0.1) is 11.4 Å². The standard InChI is InChI=1S/C50H34N4/c1-5-15-35(16-6-1)36-27-29-37(30-28-36)45-33-46(38-17-7-2-8-18-38)51-47(34-45)43-25-13-23-41(31-43)42-24-14-26-44(32-42)50-53-48(39-19-9-3-10-20-39)52-49(54-50)40-21-11-4-12-22-40/h1-34H. The van der Waals surface area contributed by atoms with Crippen LogP contribution in [0.5, 0.6) is 0 Å². The average Bonchev–Trinajstić information content (AvgIpc) is 3.27. The van der Waals surface area contributed by atoms with Crippen molar-refractivity contribution in [2.75, 3.05) is 0 Å². The van der Waals surface area contributed by atoms with Gasteiger partial charge in [-0.2, -0.15) is 0 Å². The lowest BCUT2D eigenvalue weighted by atomic mass is 9.96. The molecule has 2 aromatic heterocycles. The van der Waals surface area contributed by atoms with Crippen molar-refractivity contribution in [2.45, 2.75) is 0 Å². The van der Waals surface area contributed by atoms with Gasteiger partial charge in [-0.1, -0.05) is 182 Å². The van der Waals surface area contributed by atoms with Gasteiger partial charge in [0.25, 0.3) is 0 Å². The molecule has 0 aliphatic rings. The number of hydrogen-bond donors (Lipinski definition) is 0. The Morgan fingerprint density at radius 3 is 1.04 bits per heavy atom. The highest BCUT2D eigenvalue weighted by atomic mass is 15.0. The molecule has 0 fully saturated rings. The zero-order valence-electron chi connectivity index (χ0n) is 29.4. The van der Waals surface area contributed by atoms with Gasteiger partial charge in [-0.25, -0.2) is 19.9 Å². The summed E-state index contributed by atoms with van der Waals surface area (Å²) in [5.74, 6) is 1.91. The largest absolute Gasteiger partial charge is 0.248 e. The second kappa shape index (κ2) is 14.7. The molecular weight excluding hydrogens is 657 g/mol. The second-order valence-electron chi connectivity index (χ2n) is 13.1. The summed E-state index contributed by atoms with van der Waals surface area (Å²) in [7, 11) is 0. The summed E-state index contributed by atoms with van der Waals surface area (Å²) >= 11 is 0. The summed E-state index contributed by atoms with van der Waals surface area (Å²) < 4.78 is 0. The van der Waals surface area contributed by atoms with E-state index in [0.717, 1.165) is 61.5 Å². The highest BCUT2D eigenvalue weighted by molar-refractivity contribution is 5.81. The van der Waals surface area contributed by atoms with Crippen LogP contribution in [-0.4, -0.2) is 19.9 Å². The molecule has 0 saturated carbocycles.